The lowest BCUT2D eigenvalue weighted by molar-refractivity contribution is -0.121. The van der Waals surface area contributed by atoms with Crippen LogP contribution in [-0.2, 0) is 11.3 Å². The van der Waals surface area contributed by atoms with Crippen LogP contribution in [0, 0.1) is 0 Å². The van der Waals surface area contributed by atoms with Gasteiger partial charge in [-0.2, -0.15) is 0 Å². The molecule has 2 N–H and O–H groups in total. The number of rotatable bonds is 7. The summed E-state index contributed by atoms with van der Waals surface area (Å²) in [5.41, 5.74) is 1.06. The number of halogens is 1. The first-order valence-corrected chi connectivity index (χ1v) is 6.74. The maximum Gasteiger partial charge on any atom is 0.221 e. The molecule has 100 valence electrons. The molecule has 0 aliphatic carbocycles. The van der Waals surface area contributed by atoms with Gasteiger partial charge in [-0.3, -0.25) is 4.79 Å². The standard InChI is InChI=1S/C14H21ClN2O/c1-3-11(2)16-9-8-14(18)17-10-12-4-6-13(15)7-5-12/h4-7,11,16H,3,8-10H2,1-2H3,(H,17,18). The van der Waals surface area contributed by atoms with E-state index in [9.17, 15) is 4.79 Å². The quantitative estimate of drug-likeness (QED) is 0.798. The maximum atomic E-state index is 11.6. The summed E-state index contributed by atoms with van der Waals surface area (Å²) in [5, 5.41) is 6.89. The largest absolute Gasteiger partial charge is 0.352 e. The average Bonchev–Trinajstić information content (AvgIpc) is 2.38. The summed E-state index contributed by atoms with van der Waals surface area (Å²) in [7, 11) is 0. The van der Waals surface area contributed by atoms with Gasteiger partial charge in [-0.1, -0.05) is 30.7 Å². The van der Waals surface area contributed by atoms with Crippen molar-refractivity contribution in [1.29, 1.82) is 0 Å². The van der Waals surface area contributed by atoms with Gasteiger partial charge in [0.1, 0.15) is 0 Å². The van der Waals surface area contributed by atoms with E-state index in [-0.39, 0.29) is 5.91 Å². The summed E-state index contributed by atoms with van der Waals surface area (Å²) < 4.78 is 0. The zero-order valence-corrected chi connectivity index (χ0v) is 11.8. The van der Waals surface area contributed by atoms with Crippen molar-refractivity contribution in [2.75, 3.05) is 6.54 Å². The van der Waals surface area contributed by atoms with Crippen LogP contribution in [0.5, 0.6) is 0 Å². The summed E-state index contributed by atoms with van der Waals surface area (Å²) in [6.07, 6.45) is 1.59. The van der Waals surface area contributed by atoms with E-state index in [2.05, 4.69) is 24.5 Å². The topological polar surface area (TPSA) is 41.1 Å². The lowest BCUT2D eigenvalue weighted by Crippen LogP contribution is -2.31. The molecule has 0 heterocycles. The van der Waals surface area contributed by atoms with Crippen molar-refractivity contribution < 1.29 is 4.79 Å². The van der Waals surface area contributed by atoms with Crippen molar-refractivity contribution >= 4 is 17.5 Å². The normalized spacial score (nSPS) is 12.2. The summed E-state index contributed by atoms with van der Waals surface area (Å²) in [6, 6.07) is 7.95. The molecule has 1 aromatic rings. The Morgan fingerprint density at radius 2 is 2.00 bits per heavy atom. The Kier molecular flexibility index (Phi) is 6.76. The molecule has 0 bridgehead atoms. The van der Waals surface area contributed by atoms with Crippen molar-refractivity contribution in [3.8, 4) is 0 Å². The molecular formula is C14H21ClN2O. The van der Waals surface area contributed by atoms with Gasteiger partial charge < -0.3 is 10.6 Å². The first kappa shape index (κ1) is 15.0. The van der Waals surface area contributed by atoms with Crippen molar-refractivity contribution in [2.24, 2.45) is 0 Å². The fourth-order valence-corrected chi connectivity index (χ4v) is 1.59. The number of nitrogens with one attached hydrogen (secondary N) is 2. The molecule has 3 nitrogen and oxygen atoms in total. The van der Waals surface area contributed by atoms with Crippen molar-refractivity contribution in [2.45, 2.75) is 39.3 Å². The van der Waals surface area contributed by atoms with E-state index in [4.69, 9.17) is 11.6 Å². The van der Waals surface area contributed by atoms with Gasteiger partial charge in [0.2, 0.25) is 5.91 Å². The highest BCUT2D eigenvalue weighted by molar-refractivity contribution is 6.30. The van der Waals surface area contributed by atoms with Crippen LogP contribution in [0.3, 0.4) is 0 Å². The number of carbonyl (C=O) groups excluding carboxylic acids is 1. The van der Waals surface area contributed by atoms with Crippen LogP contribution in [-0.4, -0.2) is 18.5 Å². The van der Waals surface area contributed by atoms with Gasteiger partial charge in [0, 0.05) is 30.6 Å². The Hall–Kier alpha value is -1.06. The molecule has 0 saturated heterocycles. The van der Waals surface area contributed by atoms with Gasteiger partial charge in [0.15, 0.2) is 0 Å². The predicted octanol–water partition coefficient (Wildman–Crippen LogP) is 2.73. The number of carbonyl (C=O) groups is 1. The zero-order valence-electron chi connectivity index (χ0n) is 11.0. The van der Waals surface area contributed by atoms with Crippen LogP contribution in [0.2, 0.25) is 5.02 Å². The van der Waals surface area contributed by atoms with E-state index in [0.29, 0.717) is 24.0 Å². The molecule has 0 spiro atoms. The van der Waals surface area contributed by atoms with Crippen LogP contribution in [0.1, 0.15) is 32.3 Å². The second-order valence-corrected chi connectivity index (χ2v) is 4.85. The SMILES string of the molecule is CCC(C)NCCC(=O)NCc1ccc(Cl)cc1. The number of hydrogen-bond acceptors (Lipinski definition) is 2. The maximum absolute atomic E-state index is 11.6. The van der Waals surface area contributed by atoms with Crippen LogP contribution in [0.25, 0.3) is 0 Å². The zero-order chi connectivity index (χ0) is 13.4. The van der Waals surface area contributed by atoms with E-state index < -0.39 is 0 Å². The third kappa shape index (κ3) is 6.03. The van der Waals surface area contributed by atoms with E-state index in [0.717, 1.165) is 18.5 Å². The molecule has 1 amide bonds. The van der Waals surface area contributed by atoms with Gasteiger partial charge in [-0.05, 0) is 31.0 Å². The smallest absolute Gasteiger partial charge is 0.221 e. The molecule has 1 unspecified atom stereocenters. The van der Waals surface area contributed by atoms with E-state index in [1.807, 2.05) is 24.3 Å². The molecule has 0 aromatic heterocycles. The minimum Gasteiger partial charge on any atom is -0.352 e. The molecule has 4 heteroatoms. The number of hydrogen-bond donors (Lipinski definition) is 2. The van der Waals surface area contributed by atoms with Crippen LogP contribution in [0.15, 0.2) is 24.3 Å². The highest BCUT2D eigenvalue weighted by atomic mass is 35.5. The Balaban J connectivity index is 2.19. The lowest BCUT2D eigenvalue weighted by Gasteiger charge is -2.11. The summed E-state index contributed by atoms with van der Waals surface area (Å²) in [6.45, 7) is 5.52. The fourth-order valence-electron chi connectivity index (χ4n) is 1.47. The van der Waals surface area contributed by atoms with Crippen molar-refractivity contribution in [3.63, 3.8) is 0 Å². The first-order valence-electron chi connectivity index (χ1n) is 6.36. The summed E-state index contributed by atoms with van der Waals surface area (Å²) in [4.78, 5) is 11.6. The molecule has 0 radical (unpaired) electrons. The highest BCUT2D eigenvalue weighted by Gasteiger charge is 2.02. The molecule has 1 atom stereocenters. The second-order valence-electron chi connectivity index (χ2n) is 4.42. The molecule has 0 aliphatic heterocycles. The average molecular weight is 269 g/mol. The first-order chi connectivity index (χ1) is 8.61. The second kappa shape index (κ2) is 8.11. The Morgan fingerprint density at radius 3 is 2.61 bits per heavy atom. The van der Waals surface area contributed by atoms with Crippen LogP contribution < -0.4 is 10.6 Å². The van der Waals surface area contributed by atoms with Gasteiger partial charge in [0.05, 0.1) is 0 Å². The number of benzene rings is 1. The minimum atomic E-state index is 0.0701. The lowest BCUT2D eigenvalue weighted by atomic mass is 10.2. The van der Waals surface area contributed by atoms with Crippen LogP contribution >= 0.6 is 11.6 Å². The Bertz CT molecular complexity index is 365. The molecule has 18 heavy (non-hydrogen) atoms. The van der Waals surface area contributed by atoms with Crippen molar-refractivity contribution in [1.82, 2.24) is 10.6 Å². The molecule has 1 rings (SSSR count). The Labute approximate surface area is 114 Å². The molecule has 1 aromatic carbocycles. The summed E-state index contributed by atoms with van der Waals surface area (Å²) in [5.74, 6) is 0.0701. The molecular weight excluding hydrogens is 248 g/mol. The van der Waals surface area contributed by atoms with E-state index >= 15 is 0 Å². The van der Waals surface area contributed by atoms with Gasteiger partial charge >= 0.3 is 0 Å². The van der Waals surface area contributed by atoms with Gasteiger partial charge in [-0.25, -0.2) is 0 Å². The van der Waals surface area contributed by atoms with Gasteiger partial charge in [0.25, 0.3) is 0 Å². The van der Waals surface area contributed by atoms with E-state index in [1.54, 1.807) is 0 Å². The molecule has 0 aliphatic rings. The number of amides is 1. The Morgan fingerprint density at radius 1 is 1.33 bits per heavy atom. The summed E-state index contributed by atoms with van der Waals surface area (Å²) >= 11 is 5.79. The monoisotopic (exact) mass is 268 g/mol. The minimum absolute atomic E-state index is 0.0701. The fraction of sp³-hybridized carbons (Fsp3) is 0.500. The highest BCUT2D eigenvalue weighted by Crippen LogP contribution is 2.09. The molecule has 0 saturated carbocycles. The van der Waals surface area contributed by atoms with E-state index in [1.165, 1.54) is 0 Å². The third-order valence-electron chi connectivity index (χ3n) is 2.86. The molecule has 0 fully saturated rings. The predicted molar refractivity (Wildman–Crippen MR) is 75.7 cm³/mol. The van der Waals surface area contributed by atoms with Crippen molar-refractivity contribution in [3.05, 3.63) is 34.9 Å². The van der Waals surface area contributed by atoms with Crippen LogP contribution in [0.4, 0.5) is 0 Å². The third-order valence-corrected chi connectivity index (χ3v) is 3.11. The van der Waals surface area contributed by atoms with Gasteiger partial charge in [-0.15, -0.1) is 0 Å².